The van der Waals surface area contributed by atoms with Crippen LogP contribution in [0.1, 0.15) is 21.5 Å². The summed E-state index contributed by atoms with van der Waals surface area (Å²) >= 11 is 0. The molecule has 1 amide bonds. The van der Waals surface area contributed by atoms with Crippen LogP contribution in [0.2, 0.25) is 0 Å². The molecule has 0 aliphatic heterocycles. The molecule has 4 aromatic rings. The Hall–Kier alpha value is -4.80. The van der Waals surface area contributed by atoms with Crippen molar-refractivity contribution in [1.29, 1.82) is 0 Å². The molecular weight excluding hydrogens is 430 g/mol. The first-order valence-electron chi connectivity index (χ1n) is 9.63. The minimum Gasteiger partial charge on any atom is -0.493 e. The number of ether oxygens (including phenoxy) is 2. The normalized spacial score (nSPS) is 10.9. The van der Waals surface area contributed by atoms with E-state index in [1.807, 2.05) is 0 Å². The van der Waals surface area contributed by atoms with Gasteiger partial charge < -0.3 is 9.47 Å². The van der Waals surface area contributed by atoms with E-state index in [4.69, 9.17) is 9.47 Å². The number of hydrogen-bond donors (Lipinski definition) is 1. The summed E-state index contributed by atoms with van der Waals surface area (Å²) in [5.74, 6) is 0.550. The van der Waals surface area contributed by atoms with Crippen molar-refractivity contribution in [3.05, 3.63) is 87.5 Å². The number of hydrazone groups is 1. The lowest BCUT2D eigenvalue weighted by atomic mass is 10.2. The Bertz CT molecular complexity index is 1330. The molecule has 0 atom stereocenters. The number of carbonyl (C=O) groups is 1. The molecule has 0 fully saturated rings. The minimum atomic E-state index is -0.455. The maximum Gasteiger partial charge on any atom is 0.271 e. The van der Waals surface area contributed by atoms with E-state index in [0.29, 0.717) is 33.7 Å². The fraction of sp³-hybridized carbons (Fsp3) is 0.0909. The van der Waals surface area contributed by atoms with Crippen LogP contribution in [0.15, 0.2) is 70.4 Å². The highest BCUT2D eigenvalue weighted by Crippen LogP contribution is 2.28. The molecule has 0 aliphatic carbocycles. The number of amides is 1. The van der Waals surface area contributed by atoms with Crippen LogP contribution in [-0.4, -0.2) is 34.5 Å². The quantitative estimate of drug-likeness (QED) is 0.246. The van der Waals surface area contributed by atoms with Gasteiger partial charge in [-0.25, -0.2) is 10.1 Å². The van der Waals surface area contributed by atoms with Crippen LogP contribution in [0.5, 0.6) is 11.5 Å². The van der Waals surface area contributed by atoms with Gasteiger partial charge in [-0.2, -0.15) is 5.10 Å². The Labute approximate surface area is 186 Å². The van der Waals surface area contributed by atoms with Gasteiger partial charge in [-0.15, -0.1) is 0 Å². The smallest absolute Gasteiger partial charge is 0.271 e. The van der Waals surface area contributed by atoms with Crippen molar-refractivity contribution >= 4 is 28.8 Å². The van der Waals surface area contributed by atoms with Crippen LogP contribution in [0, 0.1) is 10.1 Å². The highest BCUT2D eigenvalue weighted by atomic mass is 16.6. The molecule has 0 radical (unpaired) electrons. The van der Waals surface area contributed by atoms with E-state index in [2.05, 4.69) is 25.5 Å². The number of non-ortho nitro benzene ring substituents is 1. The lowest BCUT2D eigenvalue weighted by Crippen LogP contribution is -2.17. The predicted molar refractivity (Wildman–Crippen MR) is 117 cm³/mol. The van der Waals surface area contributed by atoms with Crippen molar-refractivity contribution in [3.8, 4) is 11.5 Å². The van der Waals surface area contributed by atoms with Crippen LogP contribution < -0.4 is 14.9 Å². The van der Waals surface area contributed by atoms with Crippen molar-refractivity contribution in [2.45, 2.75) is 6.61 Å². The third-order valence-corrected chi connectivity index (χ3v) is 4.62. The van der Waals surface area contributed by atoms with Gasteiger partial charge in [-0.3, -0.25) is 14.9 Å². The molecule has 4 rings (SSSR count). The van der Waals surface area contributed by atoms with Gasteiger partial charge in [0.2, 0.25) is 0 Å². The highest BCUT2D eigenvalue weighted by Gasteiger charge is 2.09. The lowest BCUT2D eigenvalue weighted by Gasteiger charge is -2.11. The van der Waals surface area contributed by atoms with Gasteiger partial charge in [0.25, 0.3) is 11.6 Å². The minimum absolute atomic E-state index is 0.0164. The summed E-state index contributed by atoms with van der Waals surface area (Å²) in [5.41, 5.74) is 5.30. The Morgan fingerprint density at radius 2 is 1.88 bits per heavy atom. The molecule has 1 N–H and O–H groups in total. The summed E-state index contributed by atoms with van der Waals surface area (Å²) in [6.45, 7) is 0.212. The number of nitro benzene ring substituents is 1. The number of fused-ring (bicyclic) bond motifs is 1. The number of aromatic nitrogens is 2. The largest absolute Gasteiger partial charge is 0.493 e. The fourth-order valence-electron chi connectivity index (χ4n) is 2.91. The first-order valence-corrected chi connectivity index (χ1v) is 9.63. The second kappa shape index (κ2) is 9.56. The molecule has 0 bridgehead atoms. The van der Waals surface area contributed by atoms with E-state index < -0.39 is 10.8 Å². The van der Waals surface area contributed by atoms with E-state index in [-0.39, 0.29) is 12.3 Å². The summed E-state index contributed by atoms with van der Waals surface area (Å²) in [6, 6.07) is 16.0. The van der Waals surface area contributed by atoms with Gasteiger partial charge >= 0.3 is 0 Å². The Morgan fingerprint density at radius 3 is 2.64 bits per heavy atom. The van der Waals surface area contributed by atoms with E-state index >= 15 is 0 Å². The number of benzene rings is 3. The van der Waals surface area contributed by atoms with Gasteiger partial charge in [0.1, 0.15) is 17.6 Å². The summed E-state index contributed by atoms with van der Waals surface area (Å²) < 4.78 is 15.8. The zero-order valence-corrected chi connectivity index (χ0v) is 17.3. The standard InChI is InChI=1S/C22H17N5O6/c1-31-21-10-15(4-9-20(21)32-13-14-2-6-17(7-3-14)27(29)30)12-23-24-22(28)16-5-8-18-19(11-16)26-33-25-18/h2-12H,13H2,1H3,(H,24,28)/b23-12+. The van der Waals surface area contributed by atoms with Gasteiger partial charge in [0, 0.05) is 17.7 Å². The molecule has 0 saturated carbocycles. The summed E-state index contributed by atoms with van der Waals surface area (Å²) in [6.07, 6.45) is 1.47. The average molecular weight is 447 g/mol. The molecule has 0 spiro atoms. The van der Waals surface area contributed by atoms with E-state index in [1.165, 1.54) is 25.5 Å². The van der Waals surface area contributed by atoms with Crippen LogP contribution >= 0.6 is 0 Å². The van der Waals surface area contributed by atoms with Crippen LogP contribution in [-0.2, 0) is 6.61 Å². The van der Waals surface area contributed by atoms with Gasteiger partial charge in [-0.1, -0.05) is 0 Å². The van der Waals surface area contributed by atoms with Crippen LogP contribution in [0.4, 0.5) is 5.69 Å². The van der Waals surface area contributed by atoms with E-state index in [9.17, 15) is 14.9 Å². The topological polar surface area (TPSA) is 142 Å². The number of hydrogen-bond acceptors (Lipinski definition) is 9. The van der Waals surface area contributed by atoms with E-state index in [0.717, 1.165) is 5.56 Å². The number of nitro groups is 1. The molecule has 166 valence electrons. The average Bonchev–Trinajstić information content (AvgIpc) is 3.31. The first-order chi connectivity index (χ1) is 16.0. The van der Waals surface area contributed by atoms with Gasteiger partial charge in [-0.05, 0) is 70.0 Å². The molecule has 0 unspecified atom stereocenters. The maximum atomic E-state index is 12.3. The number of nitrogens with one attached hydrogen (secondary N) is 1. The van der Waals surface area contributed by atoms with Crippen molar-refractivity contribution in [1.82, 2.24) is 15.7 Å². The van der Waals surface area contributed by atoms with Crippen LogP contribution in [0.25, 0.3) is 11.0 Å². The first kappa shape index (κ1) is 21.4. The highest BCUT2D eigenvalue weighted by molar-refractivity contribution is 5.97. The summed E-state index contributed by atoms with van der Waals surface area (Å²) in [5, 5.41) is 22.1. The lowest BCUT2D eigenvalue weighted by molar-refractivity contribution is -0.384. The molecule has 11 nitrogen and oxygen atoms in total. The molecule has 3 aromatic carbocycles. The number of nitrogens with zero attached hydrogens (tertiary/aromatic N) is 4. The number of rotatable bonds is 8. The SMILES string of the molecule is COc1cc(/C=N/NC(=O)c2ccc3nonc3c2)ccc1OCc1ccc([N+](=O)[O-])cc1. The van der Waals surface area contributed by atoms with Crippen molar-refractivity contribution in [2.75, 3.05) is 7.11 Å². The Kier molecular flexibility index (Phi) is 6.21. The number of methoxy groups -OCH3 is 1. The molecular formula is C22H17N5O6. The molecule has 0 aliphatic rings. The number of carbonyl (C=O) groups excluding carboxylic acids is 1. The molecule has 1 aromatic heterocycles. The van der Waals surface area contributed by atoms with Crippen molar-refractivity contribution < 1.29 is 23.8 Å². The van der Waals surface area contributed by atoms with Crippen LogP contribution in [0.3, 0.4) is 0 Å². The molecule has 11 heteroatoms. The summed E-state index contributed by atoms with van der Waals surface area (Å²) in [7, 11) is 1.51. The maximum absolute atomic E-state index is 12.3. The zero-order valence-electron chi connectivity index (χ0n) is 17.3. The zero-order chi connectivity index (χ0) is 23.2. The van der Waals surface area contributed by atoms with Crippen molar-refractivity contribution in [2.24, 2.45) is 5.10 Å². The third-order valence-electron chi connectivity index (χ3n) is 4.62. The third kappa shape index (κ3) is 5.10. The Balaban J connectivity index is 1.37. The fourth-order valence-corrected chi connectivity index (χ4v) is 2.91. The second-order valence-corrected chi connectivity index (χ2v) is 6.79. The van der Waals surface area contributed by atoms with Gasteiger partial charge in [0.15, 0.2) is 11.5 Å². The van der Waals surface area contributed by atoms with Crippen molar-refractivity contribution in [3.63, 3.8) is 0 Å². The molecule has 1 heterocycles. The monoisotopic (exact) mass is 447 g/mol. The summed E-state index contributed by atoms with van der Waals surface area (Å²) in [4.78, 5) is 22.6. The molecule has 33 heavy (non-hydrogen) atoms. The molecule has 0 saturated heterocycles. The van der Waals surface area contributed by atoms with E-state index in [1.54, 1.807) is 48.5 Å². The predicted octanol–water partition coefficient (Wildman–Crippen LogP) is 3.48. The second-order valence-electron chi connectivity index (χ2n) is 6.79. The Morgan fingerprint density at radius 1 is 1.09 bits per heavy atom. The van der Waals surface area contributed by atoms with Gasteiger partial charge in [0.05, 0.1) is 18.2 Å².